The summed E-state index contributed by atoms with van der Waals surface area (Å²) in [5.74, 6) is 0. The van der Waals surface area contributed by atoms with Gasteiger partial charge in [-0.25, -0.2) is 0 Å². The van der Waals surface area contributed by atoms with Crippen molar-refractivity contribution < 1.29 is 10.0 Å². The summed E-state index contributed by atoms with van der Waals surface area (Å²) in [4.78, 5) is 4.05. The molecule has 0 saturated heterocycles. The van der Waals surface area contributed by atoms with Crippen LogP contribution in [0.3, 0.4) is 0 Å². The standard InChI is InChI=1S/C10H12BNO2/c1-9-6-4-2-3-5-7-10(8-12-9)11(13)14/h2-8,13-14H,1H3. The molecule has 1 aromatic heterocycles. The van der Waals surface area contributed by atoms with E-state index in [9.17, 15) is 0 Å². The molecule has 0 spiro atoms. The first-order chi connectivity index (χ1) is 6.70. The van der Waals surface area contributed by atoms with E-state index in [0.717, 1.165) is 5.69 Å². The number of hydrogen-bond donors (Lipinski definition) is 2. The van der Waals surface area contributed by atoms with Gasteiger partial charge in [0.2, 0.25) is 0 Å². The summed E-state index contributed by atoms with van der Waals surface area (Å²) in [6.45, 7) is 1.84. The number of aryl methyl sites for hydroxylation is 1. The fraction of sp³-hybridized carbons (Fsp3) is 0.100. The second-order valence-electron chi connectivity index (χ2n) is 2.88. The van der Waals surface area contributed by atoms with E-state index in [1.54, 1.807) is 12.1 Å². The average molecular weight is 189 g/mol. The van der Waals surface area contributed by atoms with Crippen molar-refractivity contribution in [2.24, 2.45) is 0 Å². The third-order valence-corrected chi connectivity index (χ3v) is 1.67. The molecule has 4 heteroatoms. The molecule has 0 radical (unpaired) electrons. The maximum absolute atomic E-state index is 8.97. The normalized spacial score (nSPS) is 9.07. The molecule has 0 aliphatic rings. The fourth-order valence-electron chi connectivity index (χ4n) is 0.905. The molecule has 72 valence electrons. The predicted molar refractivity (Wildman–Crippen MR) is 56.4 cm³/mol. The Morgan fingerprint density at radius 1 is 1.07 bits per heavy atom. The number of hydrogen-bond acceptors (Lipinski definition) is 3. The zero-order valence-corrected chi connectivity index (χ0v) is 7.96. The van der Waals surface area contributed by atoms with E-state index in [2.05, 4.69) is 4.98 Å². The van der Waals surface area contributed by atoms with Crippen molar-refractivity contribution in [3.8, 4) is 0 Å². The highest BCUT2D eigenvalue weighted by Crippen LogP contribution is 1.85. The lowest BCUT2D eigenvalue weighted by Gasteiger charge is -1.93. The van der Waals surface area contributed by atoms with Crippen LogP contribution in [0.1, 0.15) is 5.69 Å². The number of aromatic nitrogens is 1. The highest BCUT2D eigenvalue weighted by atomic mass is 16.4. The van der Waals surface area contributed by atoms with Crippen molar-refractivity contribution >= 4 is 12.6 Å². The van der Waals surface area contributed by atoms with Crippen LogP contribution in [-0.2, 0) is 0 Å². The molecule has 3 nitrogen and oxygen atoms in total. The van der Waals surface area contributed by atoms with Gasteiger partial charge < -0.3 is 10.0 Å². The Morgan fingerprint density at radius 2 is 1.71 bits per heavy atom. The molecule has 0 saturated carbocycles. The molecule has 1 aromatic rings. The molecule has 1 heterocycles. The Hall–Kier alpha value is -1.39. The van der Waals surface area contributed by atoms with Gasteiger partial charge in [0.15, 0.2) is 0 Å². The summed E-state index contributed by atoms with van der Waals surface area (Å²) in [6, 6.07) is 10.7. The molecule has 0 fully saturated rings. The van der Waals surface area contributed by atoms with Gasteiger partial charge in [-0.2, -0.15) is 0 Å². The van der Waals surface area contributed by atoms with E-state index in [1.165, 1.54) is 6.20 Å². The smallest absolute Gasteiger partial charge is 0.423 e. The molecule has 0 bridgehead atoms. The number of rotatable bonds is 1. The molecular formula is C10H12BNO2. The topological polar surface area (TPSA) is 53.4 Å². The lowest BCUT2D eigenvalue weighted by Crippen LogP contribution is -2.29. The van der Waals surface area contributed by atoms with Gasteiger partial charge in [0.05, 0.1) is 0 Å². The minimum Gasteiger partial charge on any atom is -0.423 e. The van der Waals surface area contributed by atoms with E-state index in [1.807, 2.05) is 31.2 Å². The van der Waals surface area contributed by atoms with Gasteiger partial charge in [-0.1, -0.05) is 30.3 Å². The summed E-state index contributed by atoms with van der Waals surface area (Å²) in [5.41, 5.74) is 1.17. The SMILES string of the molecule is Cc1ccccccc(B(O)O)cn1. The van der Waals surface area contributed by atoms with Gasteiger partial charge in [-0.15, -0.1) is 0 Å². The van der Waals surface area contributed by atoms with Crippen molar-refractivity contribution in [3.05, 3.63) is 48.3 Å². The molecule has 0 aromatic carbocycles. The Balaban J connectivity index is 3.23. The van der Waals surface area contributed by atoms with Gasteiger partial charge in [-0.3, -0.25) is 4.98 Å². The Bertz CT molecular complexity index is 354. The maximum Gasteiger partial charge on any atom is 0.490 e. The van der Waals surface area contributed by atoms with Crippen molar-refractivity contribution in [1.29, 1.82) is 0 Å². The lowest BCUT2D eigenvalue weighted by atomic mass is 9.82. The first kappa shape index (κ1) is 10.7. The van der Waals surface area contributed by atoms with E-state index in [4.69, 9.17) is 10.0 Å². The molecule has 0 unspecified atom stereocenters. The highest BCUT2D eigenvalue weighted by Gasteiger charge is 2.07. The van der Waals surface area contributed by atoms with Gasteiger partial charge in [0.1, 0.15) is 0 Å². The van der Waals surface area contributed by atoms with Crippen LogP contribution in [0.4, 0.5) is 0 Å². The second kappa shape index (κ2) is 5.37. The Labute approximate surface area is 83.5 Å². The zero-order valence-electron chi connectivity index (χ0n) is 7.96. The van der Waals surface area contributed by atoms with Crippen LogP contribution in [0.2, 0.25) is 0 Å². The van der Waals surface area contributed by atoms with Gasteiger partial charge >= 0.3 is 7.12 Å². The van der Waals surface area contributed by atoms with E-state index < -0.39 is 7.12 Å². The van der Waals surface area contributed by atoms with Crippen molar-refractivity contribution in [3.63, 3.8) is 0 Å². The van der Waals surface area contributed by atoms with Crippen LogP contribution in [-0.4, -0.2) is 22.2 Å². The first-order valence-corrected chi connectivity index (χ1v) is 4.32. The minimum absolute atomic E-state index is 0.365. The van der Waals surface area contributed by atoms with E-state index in [-0.39, 0.29) is 0 Å². The molecular weight excluding hydrogens is 177 g/mol. The summed E-state index contributed by atoms with van der Waals surface area (Å²) in [5, 5.41) is 17.9. The van der Waals surface area contributed by atoms with E-state index in [0.29, 0.717) is 5.46 Å². The summed E-state index contributed by atoms with van der Waals surface area (Å²) in [7, 11) is -1.49. The molecule has 2 N–H and O–H groups in total. The van der Waals surface area contributed by atoms with E-state index >= 15 is 0 Å². The summed E-state index contributed by atoms with van der Waals surface area (Å²) >= 11 is 0. The van der Waals surface area contributed by atoms with Crippen LogP contribution in [0.25, 0.3) is 0 Å². The van der Waals surface area contributed by atoms with Crippen LogP contribution in [0.5, 0.6) is 0 Å². The molecule has 0 aliphatic carbocycles. The Morgan fingerprint density at radius 3 is 2.36 bits per heavy atom. The third kappa shape index (κ3) is 3.55. The van der Waals surface area contributed by atoms with Gasteiger partial charge in [0, 0.05) is 17.4 Å². The lowest BCUT2D eigenvalue weighted by molar-refractivity contribution is 0.425. The monoisotopic (exact) mass is 189 g/mol. The van der Waals surface area contributed by atoms with Gasteiger partial charge in [-0.05, 0) is 13.0 Å². The van der Waals surface area contributed by atoms with Crippen molar-refractivity contribution in [2.45, 2.75) is 6.92 Å². The fourth-order valence-corrected chi connectivity index (χ4v) is 0.905. The van der Waals surface area contributed by atoms with Crippen LogP contribution in [0.15, 0.2) is 42.6 Å². The largest absolute Gasteiger partial charge is 0.490 e. The molecule has 14 heavy (non-hydrogen) atoms. The van der Waals surface area contributed by atoms with Crippen LogP contribution >= 0.6 is 0 Å². The summed E-state index contributed by atoms with van der Waals surface area (Å²) in [6.07, 6.45) is 1.44. The summed E-state index contributed by atoms with van der Waals surface area (Å²) < 4.78 is 0. The van der Waals surface area contributed by atoms with Crippen molar-refractivity contribution in [2.75, 3.05) is 0 Å². The van der Waals surface area contributed by atoms with Crippen LogP contribution < -0.4 is 5.46 Å². The van der Waals surface area contributed by atoms with Crippen LogP contribution in [0, 0.1) is 6.92 Å². The number of nitrogens with zero attached hydrogens (tertiary/aromatic N) is 1. The maximum atomic E-state index is 8.97. The minimum atomic E-state index is -1.49. The molecule has 0 amide bonds. The average Bonchev–Trinajstić information content (AvgIpc) is 2.15. The van der Waals surface area contributed by atoms with Crippen molar-refractivity contribution in [1.82, 2.24) is 4.98 Å². The third-order valence-electron chi connectivity index (χ3n) is 1.67. The van der Waals surface area contributed by atoms with Gasteiger partial charge in [0.25, 0.3) is 0 Å². The predicted octanol–water partition coefficient (Wildman–Crippen LogP) is 0.194. The quantitative estimate of drug-likeness (QED) is 0.620. The molecule has 0 atom stereocenters. The zero-order chi connectivity index (χ0) is 10.4. The molecule has 1 rings (SSSR count). The highest BCUT2D eigenvalue weighted by molar-refractivity contribution is 6.58. The Kier molecular flexibility index (Phi) is 4.10. The first-order valence-electron chi connectivity index (χ1n) is 4.32. The molecule has 0 aliphatic heterocycles. The second-order valence-corrected chi connectivity index (χ2v) is 2.88.